The third-order valence-corrected chi connectivity index (χ3v) is 6.37. The van der Waals surface area contributed by atoms with Gasteiger partial charge in [0.1, 0.15) is 0 Å². The number of fused-ring (bicyclic) bond motifs is 1. The number of nitrogens with zero attached hydrogens (tertiary/aromatic N) is 2. The van der Waals surface area contributed by atoms with Crippen LogP contribution in [-0.4, -0.2) is 35.5 Å². The standard InChI is InChI=1S/C16H18N2O2S2/c1-10-17-13(9-21-10)15-6-12-8-18(4-2-14(12)22-15)7-11-3-5-20-16(11)19/h6,9,11H,2-5,7-8H2,1H3. The molecule has 0 aliphatic carbocycles. The fraction of sp³-hybridized carbons (Fsp3) is 0.500. The molecular formula is C16H18N2O2S2. The second kappa shape index (κ2) is 5.76. The van der Waals surface area contributed by atoms with Crippen LogP contribution in [0, 0.1) is 12.8 Å². The van der Waals surface area contributed by atoms with Crippen LogP contribution in [0.4, 0.5) is 0 Å². The van der Waals surface area contributed by atoms with E-state index in [9.17, 15) is 4.79 Å². The van der Waals surface area contributed by atoms with Crippen LogP contribution in [0.2, 0.25) is 0 Å². The van der Waals surface area contributed by atoms with E-state index < -0.39 is 0 Å². The third-order valence-electron chi connectivity index (χ3n) is 4.34. The van der Waals surface area contributed by atoms with Crippen molar-refractivity contribution in [2.75, 3.05) is 19.7 Å². The molecule has 1 atom stereocenters. The summed E-state index contributed by atoms with van der Waals surface area (Å²) in [6, 6.07) is 2.29. The van der Waals surface area contributed by atoms with Crippen LogP contribution in [0.25, 0.3) is 10.6 Å². The van der Waals surface area contributed by atoms with E-state index in [0.717, 1.165) is 43.2 Å². The Hall–Kier alpha value is -1.24. The molecule has 0 aromatic carbocycles. The average Bonchev–Trinajstić information content (AvgIpc) is 3.19. The predicted octanol–water partition coefficient (Wildman–Crippen LogP) is 3.10. The number of esters is 1. The zero-order chi connectivity index (χ0) is 15.1. The minimum Gasteiger partial charge on any atom is -0.465 e. The van der Waals surface area contributed by atoms with Crippen molar-refractivity contribution in [3.8, 4) is 10.6 Å². The van der Waals surface area contributed by atoms with Gasteiger partial charge in [0.15, 0.2) is 0 Å². The van der Waals surface area contributed by atoms with Gasteiger partial charge in [-0.05, 0) is 31.4 Å². The number of thiophene rings is 1. The van der Waals surface area contributed by atoms with Gasteiger partial charge < -0.3 is 4.74 Å². The summed E-state index contributed by atoms with van der Waals surface area (Å²) < 4.78 is 5.07. The van der Waals surface area contributed by atoms with Crippen molar-refractivity contribution in [2.45, 2.75) is 26.3 Å². The lowest BCUT2D eigenvalue weighted by Gasteiger charge is -2.27. The lowest BCUT2D eigenvalue weighted by molar-refractivity contribution is -0.141. The Morgan fingerprint density at radius 3 is 3.14 bits per heavy atom. The van der Waals surface area contributed by atoms with Gasteiger partial charge in [-0.15, -0.1) is 22.7 Å². The molecule has 1 fully saturated rings. The number of thiazole rings is 1. The summed E-state index contributed by atoms with van der Waals surface area (Å²) in [5.74, 6) is 0.0515. The maximum absolute atomic E-state index is 11.6. The Balaban J connectivity index is 1.49. The number of rotatable bonds is 3. The molecule has 1 saturated heterocycles. The summed E-state index contributed by atoms with van der Waals surface area (Å²) in [6.45, 7) is 5.45. The fourth-order valence-electron chi connectivity index (χ4n) is 3.17. The molecule has 2 aliphatic rings. The largest absolute Gasteiger partial charge is 0.465 e. The molecule has 22 heavy (non-hydrogen) atoms. The van der Waals surface area contributed by atoms with E-state index in [-0.39, 0.29) is 11.9 Å². The van der Waals surface area contributed by atoms with Crippen LogP contribution in [0.3, 0.4) is 0 Å². The van der Waals surface area contributed by atoms with Gasteiger partial charge in [0.2, 0.25) is 0 Å². The third kappa shape index (κ3) is 2.71. The lowest BCUT2D eigenvalue weighted by Crippen LogP contribution is -2.35. The van der Waals surface area contributed by atoms with Gasteiger partial charge >= 0.3 is 5.97 Å². The highest BCUT2D eigenvalue weighted by atomic mass is 32.1. The first-order valence-corrected chi connectivity index (χ1v) is 9.32. The molecular weight excluding hydrogens is 316 g/mol. The van der Waals surface area contributed by atoms with E-state index in [1.807, 2.05) is 18.3 Å². The molecule has 0 saturated carbocycles. The zero-order valence-electron chi connectivity index (χ0n) is 12.5. The minimum absolute atomic E-state index is 0.0187. The van der Waals surface area contributed by atoms with E-state index in [1.54, 1.807) is 11.3 Å². The van der Waals surface area contributed by atoms with Crippen molar-refractivity contribution in [1.29, 1.82) is 0 Å². The van der Waals surface area contributed by atoms with Crippen molar-refractivity contribution < 1.29 is 9.53 Å². The van der Waals surface area contributed by atoms with E-state index in [2.05, 4.69) is 21.3 Å². The van der Waals surface area contributed by atoms with E-state index >= 15 is 0 Å². The van der Waals surface area contributed by atoms with Crippen molar-refractivity contribution in [3.05, 3.63) is 26.9 Å². The van der Waals surface area contributed by atoms with Gasteiger partial charge in [0.25, 0.3) is 0 Å². The van der Waals surface area contributed by atoms with Crippen molar-refractivity contribution in [1.82, 2.24) is 9.88 Å². The number of carbonyl (C=O) groups is 1. The van der Waals surface area contributed by atoms with Gasteiger partial charge in [0, 0.05) is 29.9 Å². The summed E-state index contributed by atoms with van der Waals surface area (Å²) in [6.07, 6.45) is 1.94. The summed E-state index contributed by atoms with van der Waals surface area (Å²) in [5, 5.41) is 3.25. The SMILES string of the molecule is Cc1nc(-c2cc3c(s2)CCN(CC2CCOC2=O)C3)cs1. The summed E-state index contributed by atoms with van der Waals surface area (Å²) >= 11 is 3.57. The van der Waals surface area contributed by atoms with Crippen molar-refractivity contribution >= 4 is 28.6 Å². The molecule has 0 bridgehead atoms. The minimum atomic E-state index is -0.0187. The summed E-state index contributed by atoms with van der Waals surface area (Å²) in [7, 11) is 0. The Bertz CT molecular complexity index is 707. The average molecular weight is 334 g/mol. The summed E-state index contributed by atoms with van der Waals surface area (Å²) in [5.41, 5.74) is 2.51. The topological polar surface area (TPSA) is 42.4 Å². The Morgan fingerprint density at radius 2 is 2.41 bits per heavy atom. The number of aromatic nitrogens is 1. The molecule has 0 amide bonds. The molecule has 116 valence electrons. The maximum atomic E-state index is 11.6. The zero-order valence-corrected chi connectivity index (χ0v) is 14.1. The van der Waals surface area contributed by atoms with Crippen LogP contribution in [0.15, 0.2) is 11.4 Å². The number of hydrogen-bond acceptors (Lipinski definition) is 6. The molecule has 2 aliphatic heterocycles. The number of carbonyl (C=O) groups excluding carboxylic acids is 1. The van der Waals surface area contributed by atoms with Crippen LogP contribution >= 0.6 is 22.7 Å². The molecule has 4 heterocycles. The lowest BCUT2D eigenvalue weighted by atomic mass is 10.0. The molecule has 4 nitrogen and oxygen atoms in total. The molecule has 0 spiro atoms. The van der Waals surface area contributed by atoms with Gasteiger partial charge in [-0.1, -0.05) is 0 Å². The number of ether oxygens (including phenoxy) is 1. The molecule has 1 unspecified atom stereocenters. The predicted molar refractivity (Wildman–Crippen MR) is 88.2 cm³/mol. The van der Waals surface area contributed by atoms with Gasteiger partial charge in [-0.25, -0.2) is 4.98 Å². The first-order chi connectivity index (χ1) is 10.7. The highest BCUT2D eigenvalue weighted by Gasteiger charge is 2.30. The highest BCUT2D eigenvalue weighted by molar-refractivity contribution is 7.16. The first kappa shape index (κ1) is 14.4. The molecule has 6 heteroatoms. The van der Waals surface area contributed by atoms with Crippen LogP contribution in [0.1, 0.15) is 21.9 Å². The number of hydrogen-bond donors (Lipinski definition) is 0. The smallest absolute Gasteiger partial charge is 0.310 e. The van der Waals surface area contributed by atoms with Crippen LogP contribution < -0.4 is 0 Å². The Morgan fingerprint density at radius 1 is 1.50 bits per heavy atom. The van der Waals surface area contributed by atoms with Gasteiger partial charge in [-0.2, -0.15) is 0 Å². The quantitative estimate of drug-likeness (QED) is 0.809. The second-order valence-corrected chi connectivity index (χ2v) is 8.15. The molecule has 0 N–H and O–H groups in total. The fourth-order valence-corrected chi connectivity index (χ4v) is 4.98. The molecule has 2 aromatic rings. The Labute approximate surface area is 137 Å². The Kier molecular flexibility index (Phi) is 3.76. The maximum Gasteiger partial charge on any atom is 0.310 e. The van der Waals surface area contributed by atoms with Gasteiger partial charge in [-0.3, -0.25) is 9.69 Å². The first-order valence-electron chi connectivity index (χ1n) is 7.62. The molecule has 2 aromatic heterocycles. The van der Waals surface area contributed by atoms with E-state index in [0.29, 0.717) is 6.61 Å². The van der Waals surface area contributed by atoms with E-state index in [4.69, 9.17) is 4.74 Å². The van der Waals surface area contributed by atoms with E-state index in [1.165, 1.54) is 15.3 Å². The van der Waals surface area contributed by atoms with Gasteiger partial charge in [0.05, 0.1) is 28.1 Å². The second-order valence-electron chi connectivity index (χ2n) is 5.95. The van der Waals surface area contributed by atoms with Crippen LogP contribution in [0.5, 0.6) is 0 Å². The van der Waals surface area contributed by atoms with Crippen molar-refractivity contribution in [3.63, 3.8) is 0 Å². The highest BCUT2D eigenvalue weighted by Crippen LogP contribution is 2.35. The number of cyclic esters (lactones) is 1. The molecule has 0 radical (unpaired) electrons. The normalized spacial score (nSPS) is 21.9. The van der Waals surface area contributed by atoms with Crippen molar-refractivity contribution in [2.24, 2.45) is 5.92 Å². The van der Waals surface area contributed by atoms with Crippen LogP contribution in [-0.2, 0) is 22.5 Å². The monoisotopic (exact) mass is 334 g/mol. The number of aryl methyl sites for hydroxylation is 1. The molecule has 4 rings (SSSR count). The summed E-state index contributed by atoms with van der Waals surface area (Å²) in [4.78, 5) is 21.4.